The Balaban J connectivity index is 2.27. The van der Waals surface area contributed by atoms with E-state index in [0.29, 0.717) is 10.9 Å². The van der Waals surface area contributed by atoms with Gasteiger partial charge in [0.15, 0.2) is 23.1 Å². The number of ether oxygens (including phenoxy) is 2. The molecule has 118 valence electrons. The van der Waals surface area contributed by atoms with Gasteiger partial charge in [0.2, 0.25) is 5.28 Å². The molecule has 0 unspecified atom stereocenters. The van der Waals surface area contributed by atoms with Crippen molar-refractivity contribution in [3.8, 4) is 22.8 Å². The first-order valence-corrected chi connectivity index (χ1v) is 6.81. The maximum absolute atomic E-state index is 14.5. The van der Waals surface area contributed by atoms with Gasteiger partial charge < -0.3 is 9.47 Å². The Labute approximate surface area is 134 Å². The molecule has 8 heteroatoms. The number of nitrogens with zero attached hydrogens (tertiary/aromatic N) is 3. The van der Waals surface area contributed by atoms with Gasteiger partial charge in [0.25, 0.3) is 0 Å². The summed E-state index contributed by atoms with van der Waals surface area (Å²) in [5, 5.41) is 0.604. The fraction of sp³-hybridized carbons (Fsp3) is 0.133. The van der Waals surface area contributed by atoms with E-state index in [2.05, 4.69) is 15.0 Å². The van der Waals surface area contributed by atoms with Crippen LogP contribution < -0.4 is 9.47 Å². The minimum Gasteiger partial charge on any atom is -0.494 e. The summed E-state index contributed by atoms with van der Waals surface area (Å²) in [4.78, 5) is 11.9. The zero-order valence-electron chi connectivity index (χ0n) is 12.1. The number of hydrogen-bond donors (Lipinski definition) is 0. The highest BCUT2D eigenvalue weighted by Crippen LogP contribution is 2.37. The first-order valence-electron chi connectivity index (χ1n) is 6.43. The lowest BCUT2D eigenvalue weighted by atomic mass is 10.1. The predicted octanol–water partition coefficient (Wildman–Crippen LogP) is 3.64. The molecule has 5 nitrogen and oxygen atoms in total. The van der Waals surface area contributed by atoms with Crippen LogP contribution in [0.4, 0.5) is 8.78 Å². The van der Waals surface area contributed by atoms with E-state index in [-0.39, 0.29) is 28.0 Å². The summed E-state index contributed by atoms with van der Waals surface area (Å²) in [5.74, 6) is -2.03. The summed E-state index contributed by atoms with van der Waals surface area (Å²) < 4.78 is 38.8. The van der Waals surface area contributed by atoms with Gasteiger partial charge in [-0.05, 0) is 17.7 Å². The average molecular weight is 338 g/mol. The van der Waals surface area contributed by atoms with Gasteiger partial charge in [-0.2, -0.15) is 0 Å². The Hall–Kier alpha value is -2.54. The number of pyridine rings is 1. The third-order valence-electron chi connectivity index (χ3n) is 3.27. The third kappa shape index (κ3) is 2.63. The summed E-state index contributed by atoms with van der Waals surface area (Å²) in [5.41, 5.74) is 0.179. The molecule has 0 atom stereocenters. The zero-order chi connectivity index (χ0) is 16.6. The maximum Gasteiger partial charge on any atom is 0.222 e. The smallest absolute Gasteiger partial charge is 0.222 e. The molecule has 0 saturated heterocycles. The molecule has 3 rings (SSSR count). The Kier molecular flexibility index (Phi) is 3.96. The van der Waals surface area contributed by atoms with Crippen LogP contribution in [-0.4, -0.2) is 29.2 Å². The predicted molar refractivity (Wildman–Crippen MR) is 80.8 cm³/mol. The second kappa shape index (κ2) is 5.92. The summed E-state index contributed by atoms with van der Waals surface area (Å²) in [6.07, 6.45) is 2.81. The molecule has 1 aromatic carbocycles. The molecule has 0 spiro atoms. The normalized spacial score (nSPS) is 10.8. The lowest BCUT2D eigenvalue weighted by Crippen LogP contribution is -2.00. The lowest BCUT2D eigenvalue weighted by molar-refractivity contribution is 0.359. The minimum absolute atomic E-state index is 0.0625. The van der Waals surface area contributed by atoms with Gasteiger partial charge in [-0.3, -0.25) is 4.98 Å². The fourth-order valence-corrected chi connectivity index (χ4v) is 2.30. The third-order valence-corrected chi connectivity index (χ3v) is 3.45. The number of fused-ring (bicyclic) bond motifs is 1. The summed E-state index contributed by atoms with van der Waals surface area (Å²) >= 11 is 5.70. The van der Waals surface area contributed by atoms with Crippen molar-refractivity contribution in [1.29, 1.82) is 0 Å². The molecule has 0 aliphatic rings. The molecular formula is C15H10ClF2N3O2. The monoisotopic (exact) mass is 337 g/mol. The molecule has 2 aromatic heterocycles. The fourth-order valence-electron chi connectivity index (χ4n) is 2.16. The van der Waals surface area contributed by atoms with Crippen LogP contribution in [0.1, 0.15) is 0 Å². The number of rotatable bonds is 3. The van der Waals surface area contributed by atoms with Crippen LogP contribution >= 0.6 is 11.6 Å². The van der Waals surface area contributed by atoms with E-state index in [1.807, 2.05) is 0 Å². The van der Waals surface area contributed by atoms with Crippen LogP contribution in [0.15, 0.2) is 24.5 Å². The SMILES string of the molecule is COc1cc(OC)c(F)c(-c2cc3cnc(Cl)nc3cn2)c1F. The summed E-state index contributed by atoms with van der Waals surface area (Å²) in [6.45, 7) is 0. The maximum atomic E-state index is 14.5. The highest BCUT2D eigenvalue weighted by Gasteiger charge is 2.22. The van der Waals surface area contributed by atoms with Crippen molar-refractivity contribution in [1.82, 2.24) is 15.0 Å². The Morgan fingerprint density at radius 3 is 2.22 bits per heavy atom. The molecule has 0 radical (unpaired) electrons. The van der Waals surface area contributed by atoms with Gasteiger partial charge in [-0.25, -0.2) is 18.7 Å². The number of halogens is 3. The molecule has 0 N–H and O–H groups in total. The Morgan fingerprint density at radius 2 is 1.61 bits per heavy atom. The highest BCUT2D eigenvalue weighted by atomic mass is 35.5. The molecule has 23 heavy (non-hydrogen) atoms. The van der Waals surface area contributed by atoms with Crippen molar-refractivity contribution in [3.63, 3.8) is 0 Å². The van der Waals surface area contributed by atoms with E-state index >= 15 is 0 Å². The second-order valence-corrected chi connectivity index (χ2v) is 4.89. The van der Waals surface area contributed by atoms with Gasteiger partial charge in [0.1, 0.15) is 0 Å². The van der Waals surface area contributed by atoms with E-state index < -0.39 is 11.6 Å². The van der Waals surface area contributed by atoms with E-state index in [9.17, 15) is 8.78 Å². The quantitative estimate of drug-likeness (QED) is 0.683. The van der Waals surface area contributed by atoms with Crippen LogP contribution in [-0.2, 0) is 0 Å². The van der Waals surface area contributed by atoms with Gasteiger partial charge in [0, 0.05) is 17.6 Å². The standard InChI is InChI=1S/C15H10ClF2N3O2/c1-22-10-4-11(23-2)14(18)12(13(10)17)8-3-7-5-20-15(16)21-9(7)6-19-8/h3-6H,1-2H3. The lowest BCUT2D eigenvalue weighted by Gasteiger charge is -2.12. The van der Waals surface area contributed by atoms with E-state index in [1.54, 1.807) is 0 Å². The molecule has 0 aliphatic carbocycles. The Bertz CT molecular complexity index is 877. The van der Waals surface area contributed by atoms with Crippen molar-refractivity contribution < 1.29 is 18.3 Å². The van der Waals surface area contributed by atoms with Gasteiger partial charge in [-0.1, -0.05) is 0 Å². The average Bonchev–Trinajstić information content (AvgIpc) is 2.55. The molecule has 2 heterocycles. The van der Waals surface area contributed by atoms with Crippen LogP contribution in [0.3, 0.4) is 0 Å². The topological polar surface area (TPSA) is 57.1 Å². The Morgan fingerprint density at radius 1 is 0.957 bits per heavy atom. The van der Waals surface area contributed by atoms with E-state index in [0.717, 1.165) is 6.07 Å². The van der Waals surface area contributed by atoms with Crippen molar-refractivity contribution in [2.45, 2.75) is 0 Å². The first kappa shape index (κ1) is 15.4. The largest absolute Gasteiger partial charge is 0.494 e. The van der Waals surface area contributed by atoms with Gasteiger partial charge in [0.05, 0.1) is 37.2 Å². The molecule has 0 aliphatic heterocycles. The molecular weight excluding hydrogens is 328 g/mol. The van der Waals surface area contributed by atoms with Crippen molar-refractivity contribution in [2.75, 3.05) is 14.2 Å². The van der Waals surface area contributed by atoms with Crippen LogP contribution in [0.2, 0.25) is 5.28 Å². The molecule has 0 fully saturated rings. The molecule has 0 amide bonds. The van der Waals surface area contributed by atoms with Crippen LogP contribution in [0.5, 0.6) is 11.5 Å². The van der Waals surface area contributed by atoms with Crippen LogP contribution in [0, 0.1) is 11.6 Å². The summed E-state index contributed by atoms with van der Waals surface area (Å²) in [7, 11) is 2.56. The minimum atomic E-state index is -0.868. The van der Waals surface area contributed by atoms with E-state index in [1.165, 1.54) is 32.7 Å². The van der Waals surface area contributed by atoms with Gasteiger partial charge in [-0.15, -0.1) is 0 Å². The molecule has 3 aromatic rings. The number of methoxy groups -OCH3 is 2. The van der Waals surface area contributed by atoms with Crippen LogP contribution in [0.25, 0.3) is 22.2 Å². The summed E-state index contributed by atoms with van der Waals surface area (Å²) in [6, 6.07) is 2.60. The first-order chi connectivity index (χ1) is 11.0. The van der Waals surface area contributed by atoms with Gasteiger partial charge >= 0.3 is 0 Å². The van der Waals surface area contributed by atoms with Crippen molar-refractivity contribution >= 4 is 22.5 Å². The second-order valence-electron chi connectivity index (χ2n) is 4.55. The molecule has 0 bridgehead atoms. The van der Waals surface area contributed by atoms with Crippen molar-refractivity contribution in [2.24, 2.45) is 0 Å². The number of hydrogen-bond acceptors (Lipinski definition) is 5. The molecule has 0 saturated carbocycles. The van der Waals surface area contributed by atoms with E-state index in [4.69, 9.17) is 21.1 Å². The number of aromatic nitrogens is 3. The van der Waals surface area contributed by atoms with Crippen molar-refractivity contribution in [3.05, 3.63) is 41.4 Å². The zero-order valence-corrected chi connectivity index (χ0v) is 12.9. The number of benzene rings is 1. The highest BCUT2D eigenvalue weighted by molar-refractivity contribution is 6.28.